The molecule has 2 rings (SSSR count). The first-order valence-electron chi connectivity index (χ1n) is 6.99. The molecule has 0 amide bonds. The van der Waals surface area contributed by atoms with Crippen molar-refractivity contribution in [1.82, 2.24) is 14.9 Å². The van der Waals surface area contributed by atoms with Gasteiger partial charge in [-0.1, -0.05) is 6.42 Å². The fraction of sp³-hybridized carbons (Fsp3) is 1.00. The van der Waals surface area contributed by atoms with Gasteiger partial charge in [0, 0.05) is 38.6 Å². The Labute approximate surface area is 105 Å². The second-order valence-corrected chi connectivity index (χ2v) is 5.81. The fourth-order valence-corrected chi connectivity index (χ4v) is 3.07. The maximum Gasteiger partial charge on any atom is 0.0606 e. The minimum absolute atomic E-state index is 0.113. The highest BCUT2D eigenvalue weighted by Gasteiger charge is 2.31. The molecule has 100 valence electrons. The van der Waals surface area contributed by atoms with Crippen molar-refractivity contribution in [2.45, 2.75) is 31.8 Å². The molecule has 2 atom stereocenters. The summed E-state index contributed by atoms with van der Waals surface area (Å²) in [5, 5.41) is 15.1. The zero-order chi connectivity index (χ0) is 12.3. The Balaban J connectivity index is 1.87. The number of hydrogen-bond donors (Lipinski definition) is 1. The summed E-state index contributed by atoms with van der Waals surface area (Å²) in [4.78, 5) is 2.19. The summed E-state index contributed by atoms with van der Waals surface area (Å²) in [7, 11) is 4.18. The average molecular weight is 241 g/mol. The van der Waals surface area contributed by atoms with E-state index in [0.29, 0.717) is 5.92 Å². The SMILES string of the molecule is CN(C)CC1CN(N2CCCCC2)CCC1O. The number of aliphatic hydroxyl groups is 1. The van der Waals surface area contributed by atoms with E-state index < -0.39 is 0 Å². The van der Waals surface area contributed by atoms with Gasteiger partial charge >= 0.3 is 0 Å². The molecule has 0 saturated carbocycles. The fourth-order valence-electron chi connectivity index (χ4n) is 3.07. The number of nitrogens with zero attached hydrogens (tertiary/aromatic N) is 3. The zero-order valence-corrected chi connectivity index (χ0v) is 11.3. The van der Waals surface area contributed by atoms with E-state index in [4.69, 9.17) is 0 Å². The molecule has 2 saturated heterocycles. The molecule has 2 unspecified atom stereocenters. The van der Waals surface area contributed by atoms with Crippen molar-refractivity contribution >= 4 is 0 Å². The molecule has 0 bridgehead atoms. The van der Waals surface area contributed by atoms with Crippen molar-refractivity contribution in [2.24, 2.45) is 5.92 Å². The lowest BCUT2D eigenvalue weighted by atomic mass is 9.95. The molecule has 2 heterocycles. The van der Waals surface area contributed by atoms with Crippen LogP contribution in [0.15, 0.2) is 0 Å². The summed E-state index contributed by atoms with van der Waals surface area (Å²) >= 11 is 0. The molecule has 0 aromatic carbocycles. The Bertz CT molecular complexity index is 229. The van der Waals surface area contributed by atoms with Crippen LogP contribution in [0.3, 0.4) is 0 Å². The molecule has 0 aliphatic carbocycles. The predicted octanol–water partition coefficient (Wildman–Crippen LogP) is 0.632. The largest absolute Gasteiger partial charge is 0.393 e. The van der Waals surface area contributed by atoms with Gasteiger partial charge in [-0.25, -0.2) is 10.0 Å². The van der Waals surface area contributed by atoms with Gasteiger partial charge in [-0.3, -0.25) is 0 Å². The molecule has 4 nitrogen and oxygen atoms in total. The molecule has 2 aliphatic rings. The number of aliphatic hydroxyl groups excluding tert-OH is 1. The van der Waals surface area contributed by atoms with Gasteiger partial charge in [0.2, 0.25) is 0 Å². The van der Waals surface area contributed by atoms with Gasteiger partial charge in [-0.05, 0) is 33.4 Å². The first-order chi connectivity index (χ1) is 8.16. The lowest BCUT2D eigenvalue weighted by molar-refractivity contribution is -0.100. The molecule has 4 heteroatoms. The van der Waals surface area contributed by atoms with Crippen LogP contribution >= 0.6 is 0 Å². The predicted molar refractivity (Wildman–Crippen MR) is 69.7 cm³/mol. The molecule has 0 radical (unpaired) electrons. The highest BCUT2D eigenvalue weighted by atomic mass is 16.3. The Hall–Kier alpha value is -0.160. The quantitative estimate of drug-likeness (QED) is 0.785. The van der Waals surface area contributed by atoms with Crippen LogP contribution in [0, 0.1) is 5.92 Å². The minimum Gasteiger partial charge on any atom is -0.393 e. The molecule has 0 aromatic rings. The van der Waals surface area contributed by atoms with Crippen molar-refractivity contribution < 1.29 is 5.11 Å². The molecule has 1 N–H and O–H groups in total. The Morgan fingerprint density at radius 1 is 1.06 bits per heavy atom. The lowest BCUT2D eigenvalue weighted by Crippen LogP contribution is -2.54. The van der Waals surface area contributed by atoms with E-state index in [-0.39, 0.29) is 6.10 Å². The Kier molecular flexibility index (Phi) is 4.79. The highest BCUT2D eigenvalue weighted by molar-refractivity contribution is 4.81. The van der Waals surface area contributed by atoms with E-state index in [1.807, 2.05) is 0 Å². The summed E-state index contributed by atoms with van der Waals surface area (Å²) < 4.78 is 0. The van der Waals surface area contributed by atoms with Crippen molar-refractivity contribution in [3.8, 4) is 0 Å². The summed E-state index contributed by atoms with van der Waals surface area (Å²) in [6.07, 6.45) is 4.86. The maximum absolute atomic E-state index is 10.1. The molecule has 0 aromatic heterocycles. The van der Waals surface area contributed by atoms with E-state index >= 15 is 0 Å². The number of hydrogen-bond acceptors (Lipinski definition) is 4. The third kappa shape index (κ3) is 3.65. The van der Waals surface area contributed by atoms with Crippen LogP contribution in [0.4, 0.5) is 0 Å². The third-order valence-electron chi connectivity index (χ3n) is 4.00. The Morgan fingerprint density at radius 3 is 2.41 bits per heavy atom. The smallest absolute Gasteiger partial charge is 0.0606 e. The molecule has 0 spiro atoms. The van der Waals surface area contributed by atoms with Crippen LogP contribution in [0.5, 0.6) is 0 Å². The van der Waals surface area contributed by atoms with E-state index in [1.54, 1.807) is 0 Å². The van der Waals surface area contributed by atoms with E-state index in [2.05, 4.69) is 29.0 Å². The van der Waals surface area contributed by atoms with E-state index in [1.165, 1.54) is 32.4 Å². The lowest BCUT2D eigenvalue weighted by Gasteiger charge is -2.44. The number of rotatable bonds is 3. The summed E-state index contributed by atoms with van der Waals surface area (Å²) in [6, 6.07) is 0. The van der Waals surface area contributed by atoms with Crippen LogP contribution in [0.2, 0.25) is 0 Å². The Morgan fingerprint density at radius 2 is 1.76 bits per heavy atom. The summed E-state index contributed by atoms with van der Waals surface area (Å²) in [5.41, 5.74) is 0. The van der Waals surface area contributed by atoms with Crippen LogP contribution in [0.25, 0.3) is 0 Å². The van der Waals surface area contributed by atoms with Gasteiger partial charge in [-0.2, -0.15) is 0 Å². The monoisotopic (exact) mass is 241 g/mol. The molecule has 17 heavy (non-hydrogen) atoms. The van der Waals surface area contributed by atoms with Gasteiger partial charge in [0.05, 0.1) is 6.10 Å². The van der Waals surface area contributed by atoms with E-state index in [0.717, 1.165) is 26.1 Å². The summed E-state index contributed by atoms with van der Waals surface area (Å²) in [6.45, 7) is 5.48. The normalized spacial score (nSPS) is 33.2. The third-order valence-corrected chi connectivity index (χ3v) is 4.00. The van der Waals surface area contributed by atoms with Gasteiger partial charge in [0.25, 0.3) is 0 Å². The van der Waals surface area contributed by atoms with Crippen molar-refractivity contribution in [2.75, 3.05) is 46.8 Å². The van der Waals surface area contributed by atoms with Gasteiger partial charge in [-0.15, -0.1) is 0 Å². The number of hydrazine groups is 1. The van der Waals surface area contributed by atoms with Crippen LogP contribution in [-0.2, 0) is 0 Å². The van der Waals surface area contributed by atoms with Crippen molar-refractivity contribution in [1.29, 1.82) is 0 Å². The number of piperidine rings is 2. The molecule has 2 fully saturated rings. The van der Waals surface area contributed by atoms with Crippen molar-refractivity contribution in [3.05, 3.63) is 0 Å². The van der Waals surface area contributed by atoms with Crippen LogP contribution in [-0.4, -0.2) is 72.9 Å². The second-order valence-electron chi connectivity index (χ2n) is 5.81. The van der Waals surface area contributed by atoms with Gasteiger partial charge < -0.3 is 10.0 Å². The first kappa shape index (κ1) is 13.3. The molecular weight excluding hydrogens is 214 g/mol. The van der Waals surface area contributed by atoms with Gasteiger partial charge in [0.1, 0.15) is 0 Å². The van der Waals surface area contributed by atoms with E-state index in [9.17, 15) is 5.11 Å². The topological polar surface area (TPSA) is 30.0 Å². The molecular formula is C13H27N3O. The summed E-state index contributed by atoms with van der Waals surface area (Å²) in [5.74, 6) is 0.403. The van der Waals surface area contributed by atoms with Crippen molar-refractivity contribution in [3.63, 3.8) is 0 Å². The highest BCUT2D eigenvalue weighted by Crippen LogP contribution is 2.21. The van der Waals surface area contributed by atoms with Crippen LogP contribution in [0.1, 0.15) is 25.7 Å². The minimum atomic E-state index is -0.113. The molecule has 2 aliphatic heterocycles. The maximum atomic E-state index is 10.1. The second kappa shape index (κ2) is 6.14. The standard InChI is InChI=1S/C13H27N3O/c1-14(2)10-12-11-16(9-6-13(12)17)15-7-4-3-5-8-15/h12-13,17H,3-11H2,1-2H3. The van der Waals surface area contributed by atoms with Gasteiger partial charge in [0.15, 0.2) is 0 Å². The average Bonchev–Trinajstić information content (AvgIpc) is 2.32. The first-order valence-corrected chi connectivity index (χ1v) is 6.99. The van der Waals surface area contributed by atoms with Crippen LogP contribution < -0.4 is 0 Å². The zero-order valence-electron chi connectivity index (χ0n) is 11.3.